The van der Waals surface area contributed by atoms with Crippen molar-refractivity contribution in [2.45, 2.75) is 31.5 Å². The molecule has 0 spiro atoms. The fraction of sp³-hybridized carbons (Fsp3) is 0.455. The molecule has 1 aliphatic rings. The van der Waals surface area contributed by atoms with Crippen LogP contribution in [0.4, 0.5) is 0 Å². The first kappa shape index (κ1) is 11.4. The second-order valence-electron chi connectivity index (χ2n) is 4.65. The van der Waals surface area contributed by atoms with Gasteiger partial charge in [0.15, 0.2) is 32.8 Å². The van der Waals surface area contributed by atoms with Gasteiger partial charge in [0.25, 0.3) is 0 Å². The van der Waals surface area contributed by atoms with Crippen LogP contribution in [0.1, 0.15) is 18.9 Å². The zero-order valence-electron chi connectivity index (χ0n) is 9.99. The molecule has 1 aliphatic heterocycles. The van der Waals surface area contributed by atoms with Gasteiger partial charge in [-0.2, -0.15) is 0 Å². The summed E-state index contributed by atoms with van der Waals surface area (Å²) in [7, 11) is 3.77. The quantitative estimate of drug-likeness (QED) is 0.704. The van der Waals surface area contributed by atoms with Crippen LogP contribution >= 0.6 is 0 Å². The molecule has 84 valence electrons. The van der Waals surface area contributed by atoms with E-state index < -0.39 is 5.59 Å². The minimum atomic E-state index is -0.579. The molecule has 0 aromatic heterocycles. The molecule has 0 radical (unpaired) electrons. The van der Waals surface area contributed by atoms with Crippen molar-refractivity contribution in [1.82, 2.24) is 0 Å². The van der Waals surface area contributed by atoms with Crippen LogP contribution in [-0.2, 0) is 6.42 Å². The second-order valence-corrected chi connectivity index (χ2v) is 4.65. The highest BCUT2D eigenvalue weighted by Gasteiger charge is 2.30. The number of ether oxygens (including phenoxy) is 2. The summed E-state index contributed by atoms with van der Waals surface area (Å²) in [6, 6.07) is 5.83. The van der Waals surface area contributed by atoms with Crippen molar-refractivity contribution in [3.05, 3.63) is 23.8 Å². The monoisotopic (exact) mass is 218 g/mol. The minimum Gasteiger partial charge on any atom is -0.467 e. The molecule has 1 N–H and O–H groups in total. The van der Waals surface area contributed by atoms with E-state index in [2.05, 4.69) is 0 Å². The standard InChI is InChI=1S/C11H16B2O3/c1-2-8(14)5-7-3-4-9-10(6-7)16-11(12,13)15-9/h3-4,6,8,14H,2,5,12-13H2,1H3/t8-/m0/s1. The van der Waals surface area contributed by atoms with Gasteiger partial charge in [-0.3, -0.25) is 0 Å². The van der Waals surface area contributed by atoms with Crippen LogP contribution in [0.5, 0.6) is 11.5 Å². The number of benzene rings is 1. The molecule has 0 bridgehead atoms. The number of aliphatic hydroxyl groups excluding tert-OH is 1. The van der Waals surface area contributed by atoms with Crippen molar-refractivity contribution >= 4 is 15.7 Å². The second kappa shape index (κ2) is 4.06. The van der Waals surface area contributed by atoms with E-state index in [4.69, 9.17) is 9.47 Å². The van der Waals surface area contributed by atoms with Gasteiger partial charge in [-0.1, -0.05) is 13.0 Å². The Kier molecular flexibility index (Phi) is 2.89. The van der Waals surface area contributed by atoms with Crippen molar-refractivity contribution in [3.63, 3.8) is 0 Å². The molecular formula is C11H16B2O3. The largest absolute Gasteiger partial charge is 0.467 e. The zero-order chi connectivity index (χ0) is 11.8. The van der Waals surface area contributed by atoms with Crippen molar-refractivity contribution < 1.29 is 14.6 Å². The minimum absolute atomic E-state index is 0.284. The van der Waals surface area contributed by atoms with Gasteiger partial charge < -0.3 is 14.6 Å². The number of aliphatic hydroxyl groups is 1. The average Bonchev–Trinajstić information content (AvgIpc) is 2.51. The Morgan fingerprint density at radius 1 is 1.31 bits per heavy atom. The molecule has 0 unspecified atom stereocenters. The lowest BCUT2D eigenvalue weighted by Gasteiger charge is -2.17. The van der Waals surface area contributed by atoms with E-state index >= 15 is 0 Å². The summed E-state index contributed by atoms with van der Waals surface area (Å²) in [6.45, 7) is 1.97. The highest BCUT2D eigenvalue weighted by atomic mass is 16.7. The van der Waals surface area contributed by atoms with E-state index in [1.807, 2.05) is 40.8 Å². The third kappa shape index (κ3) is 2.35. The van der Waals surface area contributed by atoms with E-state index in [0.29, 0.717) is 6.42 Å². The maximum Gasteiger partial charge on any atom is 0.197 e. The molecular weight excluding hydrogens is 202 g/mol. The number of hydrogen-bond donors (Lipinski definition) is 1. The summed E-state index contributed by atoms with van der Waals surface area (Å²) < 4.78 is 11.2. The van der Waals surface area contributed by atoms with Crippen LogP contribution < -0.4 is 9.47 Å². The van der Waals surface area contributed by atoms with Crippen molar-refractivity contribution in [2.75, 3.05) is 0 Å². The van der Waals surface area contributed by atoms with E-state index in [0.717, 1.165) is 23.5 Å². The van der Waals surface area contributed by atoms with Gasteiger partial charge in [0.2, 0.25) is 0 Å². The summed E-state index contributed by atoms with van der Waals surface area (Å²) in [6.07, 6.45) is 1.14. The number of rotatable bonds is 3. The van der Waals surface area contributed by atoms with Crippen LogP contribution in [0, 0.1) is 0 Å². The van der Waals surface area contributed by atoms with Crippen molar-refractivity contribution in [1.29, 1.82) is 0 Å². The number of hydrogen-bond acceptors (Lipinski definition) is 3. The summed E-state index contributed by atoms with van der Waals surface area (Å²) in [5.41, 5.74) is 0.499. The fourth-order valence-corrected chi connectivity index (χ4v) is 1.81. The third-order valence-electron chi connectivity index (χ3n) is 2.66. The first-order valence-electron chi connectivity index (χ1n) is 5.69. The normalized spacial score (nSPS) is 18.4. The predicted octanol–water partition coefficient (Wildman–Crippen LogP) is -0.351. The summed E-state index contributed by atoms with van der Waals surface area (Å²) in [4.78, 5) is 0. The number of fused-ring (bicyclic) bond motifs is 1. The Morgan fingerprint density at radius 3 is 2.69 bits per heavy atom. The molecule has 1 atom stereocenters. The van der Waals surface area contributed by atoms with Crippen LogP contribution in [0.2, 0.25) is 0 Å². The summed E-state index contributed by atoms with van der Waals surface area (Å²) in [5, 5.41) is 9.59. The Bertz CT molecular complexity index is 393. The van der Waals surface area contributed by atoms with Gasteiger partial charge in [0.05, 0.1) is 6.10 Å². The highest BCUT2D eigenvalue weighted by molar-refractivity contribution is 6.38. The molecule has 1 aromatic rings. The Morgan fingerprint density at radius 2 is 2.00 bits per heavy atom. The third-order valence-corrected chi connectivity index (χ3v) is 2.66. The van der Waals surface area contributed by atoms with E-state index in [9.17, 15) is 5.11 Å². The maximum atomic E-state index is 9.59. The van der Waals surface area contributed by atoms with E-state index in [-0.39, 0.29) is 6.10 Å². The van der Waals surface area contributed by atoms with Gasteiger partial charge in [0.1, 0.15) is 0 Å². The highest BCUT2D eigenvalue weighted by Crippen LogP contribution is 2.37. The van der Waals surface area contributed by atoms with Crippen LogP contribution in [0.15, 0.2) is 18.2 Å². The van der Waals surface area contributed by atoms with Crippen molar-refractivity contribution in [2.24, 2.45) is 0 Å². The van der Waals surface area contributed by atoms with Gasteiger partial charge >= 0.3 is 0 Å². The Balaban J connectivity index is 2.16. The van der Waals surface area contributed by atoms with Crippen molar-refractivity contribution in [3.8, 4) is 11.5 Å². The van der Waals surface area contributed by atoms with Crippen LogP contribution in [0.3, 0.4) is 0 Å². The molecule has 2 rings (SSSR count). The molecule has 3 nitrogen and oxygen atoms in total. The lowest BCUT2D eigenvalue weighted by Crippen LogP contribution is -2.39. The summed E-state index contributed by atoms with van der Waals surface area (Å²) >= 11 is 0. The summed E-state index contributed by atoms with van der Waals surface area (Å²) in [5.74, 6) is 1.55. The topological polar surface area (TPSA) is 38.7 Å². The van der Waals surface area contributed by atoms with E-state index in [1.54, 1.807) is 0 Å². The molecule has 0 fully saturated rings. The molecule has 0 amide bonds. The molecule has 16 heavy (non-hydrogen) atoms. The fourth-order valence-electron chi connectivity index (χ4n) is 1.81. The van der Waals surface area contributed by atoms with Gasteiger partial charge in [-0.15, -0.1) is 0 Å². The van der Waals surface area contributed by atoms with Crippen LogP contribution in [-0.4, -0.2) is 32.5 Å². The van der Waals surface area contributed by atoms with E-state index in [1.165, 1.54) is 0 Å². The Hall–Kier alpha value is -1.09. The molecule has 0 aliphatic carbocycles. The van der Waals surface area contributed by atoms with Gasteiger partial charge in [0, 0.05) is 0 Å². The predicted molar refractivity (Wildman–Crippen MR) is 67.5 cm³/mol. The molecule has 1 heterocycles. The maximum absolute atomic E-state index is 9.59. The lowest BCUT2D eigenvalue weighted by atomic mass is 9.76. The lowest BCUT2D eigenvalue weighted by molar-refractivity contribution is 0.0833. The molecule has 0 saturated heterocycles. The van der Waals surface area contributed by atoms with Gasteiger partial charge in [-0.25, -0.2) is 0 Å². The molecule has 5 heteroatoms. The molecule has 0 saturated carbocycles. The van der Waals surface area contributed by atoms with Gasteiger partial charge in [-0.05, 0) is 30.5 Å². The first-order valence-corrected chi connectivity index (χ1v) is 5.69. The zero-order valence-corrected chi connectivity index (χ0v) is 9.99. The molecule has 1 aromatic carbocycles. The van der Waals surface area contributed by atoms with Crippen LogP contribution in [0.25, 0.3) is 0 Å². The average molecular weight is 218 g/mol. The smallest absolute Gasteiger partial charge is 0.197 e. The SMILES string of the molecule is BC1(B)Oc2ccc(C[C@@H](O)CC)cc2O1. The Labute approximate surface area is 97.6 Å². The first-order chi connectivity index (χ1) is 7.50.